The van der Waals surface area contributed by atoms with Gasteiger partial charge in [0.1, 0.15) is 0 Å². The van der Waals surface area contributed by atoms with Gasteiger partial charge in [0.25, 0.3) is 0 Å². The van der Waals surface area contributed by atoms with Crippen molar-refractivity contribution in [2.75, 3.05) is 6.54 Å². The van der Waals surface area contributed by atoms with E-state index in [2.05, 4.69) is 23.4 Å². The van der Waals surface area contributed by atoms with Gasteiger partial charge < -0.3 is 5.32 Å². The maximum atomic E-state index is 6.17. The van der Waals surface area contributed by atoms with Crippen LogP contribution in [0.15, 0.2) is 36.7 Å². The van der Waals surface area contributed by atoms with Gasteiger partial charge in [-0.05, 0) is 37.1 Å². The molecule has 1 aromatic carbocycles. The molecule has 1 unspecified atom stereocenters. The van der Waals surface area contributed by atoms with Gasteiger partial charge in [0.2, 0.25) is 0 Å². The lowest BCUT2D eigenvalue weighted by atomic mass is 10.1. The van der Waals surface area contributed by atoms with Crippen molar-refractivity contribution in [3.8, 4) is 0 Å². The van der Waals surface area contributed by atoms with Crippen LogP contribution in [0, 0.1) is 0 Å². The third-order valence-corrected chi connectivity index (χ3v) is 3.34. The average Bonchev–Trinajstić information content (AvgIpc) is 2.75. The smallest absolute Gasteiger partial charge is 0.0522 e. The molecular formula is C14H18ClN3. The standard InChI is InChI=1S/C14H18ClN3/c1-11(13-5-3-4-6-14(13)15)16-8-7-12-9-17-18(2)10-12/h3-6,9-11,16H,7-8H2,1-2H3. The van der Waals surface area contributed by atoms with Gasteiger partial charge in [0.15, 0.2) is 0 Å². The molecule has 0 saturated heterocycles. The Hall–Kier alpha value is -1.32. The Balaban J connectivity index is 1.85. The number of benzene rings is 1. The number of aromatic nitrogens is 2. The number of halogens is 1. The third-order valence-electron chi connectivity index (χ3n) is 2.99. The van der Waals surface area contributed by atoms with Gasteiger partial charge in [-0.3, -0.25) is 4.68 Å². The molecule has 0 saturated carbocycles. The summed E-state index contributed by atoms with van der Waals surface area (Å²) < 4.78 is 1.83. The molecule has 18 heavy (non-hydrogen) atoms. The largest absolute Gasteiger partial charge is 0.310 e. The number of rotatable bonds is 5. The molecule has 4 heteroatoms. The Bertz CT molecular complexity index is 507. The highest BCUT2D eigenvalue weighted by atomic mass is 35.5. The van der Waals surface area contributed by atoms with Gasteiger partial charge in [0.05, 0.1) is 6.20 Å². The lowest BCUT2D eigenvalue weighted by Crippen LogP contribution is -2.21. The van der Waals surface area contributed by atoms with Crippen LogP contribution in [0.25, 0.3) is 0 Å². The maximum Gasteiger partial charge on any atom is 0.0522 e. The van der Waals surface area contributed by atoms with Crippen LogP contribution in [0.3, 0.4) is 0 Å². The lowest BCUT2D eigenvalue weighted by molar-refractivity contribution is 0.577. The van der Waals surface area contributed by atoms with E-state index < -0.39 is 0 Å². The van der Waals surface area contributed by atoms with Gasteiger partial charge in [-0.1, -0.05) is 29.8 Å². The molecule has 2 rings (SSSR count). The maximum absolute atomic E-state index is 6.17. The zero-order valence-electron chi connectivity index (χ0n) is 10.7. The van der Waals surface area contributed by atoms with E-state index in [1.807, 2.05) is 42.3 Å². The summed E-state index contributed by atoms with van der Waals surface area (Å²) in [4.78, 5) is 0. The second kappa shape index (κ2) is 6.03. The first-order chi connectivity index (χ1) is 8.66. The molecular weight excluding hydrogens is 246 g/mol. The summed E-state index contributed by atoms with van der Waals surface area (Å²) in [5, 5.41) is 8.45. The number of aryl methyl sites for hydroxylation is 1. The highest BCUT2D eigenvalue weighted by Crippen LogP contribution is 2.21. The van der Waals surface area contributed by atoms with Crippen LogP contribution in [0.2, 0.25) is 5.02 Å². The fourth-order valence-corrected chi connectivity index (χ4v) is 2.27. The molecule has 1 N–H and O–H groups in total. The van der Waals surface area contributed by atoms with E-state index in [4.69, 9.17) is 11.6 Å². The van der Waals surface area contributed by atoms with Crippen LogP contribution in [-0.2, 0) is 13.5 Å². The second-order valence-electron chi connectivity index (χ2n) is 4.47. The average molecular weight is 264 g/mol. The van der Waals surface area contributed by atoms with Crippen molar-refractivity contribution in [3.05, 3.63) is 52.8 Å². The minimum absolute atomic E-state index is 0.260. The van der Waals surface area contributed by atoms with E-state index >= 15 is 0 Å². The molecule has 0 aliphatic carbocycles. The highest BCUT2D eigenvalue weighted by Gasteiger charge is 2.08. The van der Waals surface area contributed by atoms with E-state index in [-0.39, 0.29) is 6.04 Å². The van der Waals surface area contributed by atoms with Crippen LogP contribution in [0.1, 0.15) is 24.1 Å². The van der Waals surface area contributed by atoms with Crippen molar-refractivity contribution in [2.45, 2.75) is 19.4 Å². The van der Waals surface area contributed by atoms with Crippen LogP contribution in [0.5, 0.6) is 0 Å². The van der Waals surface area contributed by atoms with E-state index in [0.29, 0.717) is 0 Å². The SMILES string of the molecule is CC(NCCc1cnn(C)c1)c1ccccc1Cl. The molecule has 0 bridgehead atoms. The van der Waals surface area contributed by atoms with E-state index in [9.17, 15) is 0 Å². The summed E-state index contributed by atoms with van der Waals surface area (Å²) >= 11 is 6.17. The Kier molecular flexibility index (Phi) is 4.39. The van der Waals surface area contributed by atoms with Crippen molar-refractivity contribution >= 4 is 11.6 Å². The molecule has 0 fully saturated rings. The van der Waals surface area contributed by atoms with E-state index in [1.54, 1.807) is 0 Å². The van der Waals surface area contributed by atoms with Gasteiger partial charge >= 0.3 is 0 Å². The number of nitrogens with one attached hydrogen (secondary N) is 1. The predicted molar refractivity (Wildman–Crippen MR) is 74.8 cm³/mol. The minimum atomic E-state index is 0.260. The lowest BCUT2D eigenvalue weighted by Gasteiger charge is -2.15. The van der Waals surface area contributed by atoms with Crippen LogP contribution in [0.4, 0.5) is 0 Å². The summed E-state index contributed by atoms with van der Waals surface area (Å²) in [6, 6.07) is 8.21. The second-order valence-corrected chi connectivity index (χ2v) is 4.88. The molecule has 1 atom stereocenters. The summed E-state index contributed by atoms with van der Waals surface area (Å²) in [5.41, 5.74) is 2.39. The van der Waals surface area contributed by atoms with Gasteiger partial charge in [-0.25, -0.2) is 0 Å². The zero-order valence-corrected chi connectivity index (χ0v) is 11.5. The molecule has 0 amide bonds. The van der Waals surface area contributed by atoms with Crippen molar-refractivity contribution in [1.29, 1.82) is 0 Å². The fourth-order valence-electron chi connectivity index (χ4n) is 1.97. The quantitative estimate of drug-likeness (QED) is 0.899. The van der Waals surface area contributed by atoms with Gasteiger partial charge in [-0.2, -0.15) is 5.10 Å². The Morgan fingerprint density at radius 2 is 2.17 bits per heavy atom. The van der Waals surface area contributed by atoms with E-state index in [0.717, 1.165) is 23.6 Å². The fraction of sp³-hybridized carbons (Fsp3) is 0.357. The minimum Gasteiger partial charge on any atom is -0.310 e. The van der Waals surface area contributed by atoms with Gasteiger partial charge in [-0.15, -0.1) is 0 Å². The number of hydrogen-bond donors (Lipinski definition) is 1. The topological polar surface area (TPSA) is 29.9 Å². The summed E-state index contributed by atoms with van der Waals surface area (Å²) in [7, 11) is 1.93. The van der Waals surface area contributed by atoms with Crippen molar-refractivity contribution in [3.63, 3.8) is 0 Å². The normalized spacial score (nSPS) is 12.6. The monoisotopic (exact) mass is 263 g/mol. The van der Waals surface area contributed by atoms with Crippen molar-refractivity contribution in [2.24, 2.45) is 7.05 Å². The molecule has 3 nitrogen and oxygen atoms in total. The van der Waals surface area contributed by atoms with E-state index in [1.165, 1.54) is 5.56 Å². The Labute approximate surface area is 113 Å². The summed E-state index contributed by atoms with van der Waals surface area (Å²) in [5.74, 6) is 0. The number of nitrogens with zero attached hydrogens (tertiary/aromatic N) is 2. The Morgan fingerprint density at radius 1 is 1.39 bits per heavy atom. The van der Waals surface area contributed by atoms with Crippen molar-refractivity contribution < 1.29 is 0 Å². The first kappa shape index (κ1) is 13.1. The summed E-state index contributed by atoms with van der Waals surface area (Å²) in [6.45, 7) is 3.04. The molecule has 0 spiro atoms. The van der Waals surface area contributed by atoms with Crippen molar-refractivity contribution in [1.82, 2.24) is 15.1 Å². The predicted octanol–water partition coefficient (Wildman–Crippen LogP) is 2.97. The molecule has 0 radical (unpaired) electrons. The molecule has 96 valence electrons. The molecule has 1 aromatic heterocycles. The van der Waals surface area contributed by atoms with Crippen LogP contribution < -0.4 is 5.32 Å². The third kappa shape index (κ3) is 3.34. The first-order valence-electron chi connectivity index (χ1n) is 6.12. The van der Waals surface area contributed by atoms with Crippen LogP contribution in [-0.4, -0.2) is 16.3 Å². The highest BCUT2D eigenvalue weighted by molar-refractivity contribution is 6.31. The molecule has 2 aromatic rings. The Morgan fingerprint density at radius 3 is 2.83 bits per heavy atom. The number of hydrogen-bond acceptors (Lipinski definition) is 2. The van der Waals surface area contributed by atoms with Gasteiger partial charge in [0, 0.05) is 24.3 Å². The van der Waals surface area contributed by atoms with Crippen LogP contribution >= 0.6 is 11.6 Å². The summed E-state index contributed by atoms with van der Waals surface area (Å²) in [6.07, 6.45) is 4.92. The zero-order chi connectivity index (χ0) is 13.0. The molecule has 0 aliphatic heterocycles. The molecule has 0 aliphatic rings. The molecule has 1 heterocycles. The first-order valence-corrected chi connectivity index (χ1v) is 6.50.